The predicted molar refractivity (Wildman–Crippen MR) is 81.1 cm³/mol. The summed E-state index contributed by atoms with van der Waals surface area (Å²) in [5.74, 6) is 0. The van der Waals surface area contributed by atoms with Crippen molar-refractivity contribution in [3.63, 3.8) is 0 Å². The van der Waals surface area contributed by atoms with Crippen LogP contribution in [-0.2, 0) is 6.42 Å². The zero-order valence-corrected chi connectivity index (χ0v) is 11.8. The van der Waals surface area contributed by atoms with Gasteiger partial charge in [0.2, 0.25) is 0 Å². The fourth-order valence-corrected chi connectivity index (χ4v) is 2.59. The summed E-state index contributed by atoms with van der Waals surface area (Å²) in [4.78, 5) is 2.44. The fraction of sp³-hybridized carbons (Fsp3) is 0.176. The molecule has 0 saturated heterocycles. The second-order valence-electron chi connectivity index (χ2n) is 4.62. The van der Waals surface area contributed by atoms with Crippen molar-refractivity contribution in [3.8, 4) is 0 Å². The Morgan fingerprint density at radius 2 is 1.39 bits per heavy atom. The van der Waals surface area contributed by atoms with Crippen LogP contribution in [0.4, 0.5) is 0 Å². The molecule has 2 rings (SSSR count). The molecule has 0 spiro atoms. The van der Waals surface area contributed by atoms with Crippen molar-refractivity contribution in [1.82, 2.24) is 0 Å². The van der Waals surface area contributed by atoms with Crippen LogP contribution >= 0.6 is 11.8 Å². The molecule has 0 N–H and O–H groups in total. The lowest BCUT2D eigenvalue weighted by molar-refractivity contribution is 1.24. The quantitative estimate of drug-likeness (QED) is 0.680. The van der Waals surface area contributed by atoms with Gasteiger partial charge >= 0.3 is 0 Å². The SMILES string of the molecule is C=C(Cc1ccc(C)cc1)Sc1ccc(C)cc1. The molecule has 0 atom stereocenters. The van der Waals surface area contributed by atoms with Gasteiger partial charge in [-0.2, -0.15) is 0 Å². The van der Waals surface area contributed by atoms with Gasteiger partial charge in [-0.1, -0.05) is 65.9 Å². The molecule has 0 aliphatic heterocycles. The van der Waals surface area contributed by atoms with Crippen molar-refractivity contribution in [1.29, 1.82) is 0 Å². The van der Waals surface area contributed by atoms with Crippen molar-refractivity contribution in [2.75, 3.05) is 0 Å². The van der Waals surface area contributed by atoms with Gasteiger partial charge in [0.25, 0.3) is 0 Å². The molecule has 18 heavy (non-hydrogen) atoms. The first-order chi connectivity index (χ1) is 8.63. The Balaban J connectivity index is 1.96. The number of benzene rings is 2. The lowest BCUT2D eigenvalue weighted by Crippen LogP contribution is -1.86. The number of hydrogen-bond acceptors (Lipinski definition) is 1. The number of allylic oxidation sites excluding steroid dienone is 1. The maximum atomic E-state index is 4.15. The molecule has 0 aliphatic carbocycles. The summed E-state index contributed by atoms with van der Waals surface area (Å²) in [6.45, 7) is 8.37. The molecule has 0 heterocycles. The molecular weight excluding hydrogens is 236 g/mol. The number of hydrogen-bond donors (Lipinski definition) is 0. The Bertz CT molecular complexity index is 471. The highest BCUT2D eigenvalue weighted by Gasteiger charge is 2.00. The third kappa shape index (κ3) is 3.78. The molecule has 1 heteroatoms. The minimum Gasteiger partial charge on any atom is -0.0948 e. The molecular formula is C17H18S. The van der Waals surface area contributed by atoms with E-state index in [0.29, 0.717) is 0 Å². The third-order valence-corrected chi connectivity index (χ3v) is 3.75. The zero-order valence-electron chi connectivity index (χ0n) is 10.9. The highest BCUT2D eigenvalue weighted by Crippen LogP contribution is 2.28. The minimum atomic E-state index is 0.929. The topological polar surface area (TPSA) is 0 Å². The molecule has 0 nitrogen and oxygen atoms in total. The van der Waals surface area contributed by atoms with E-state index in [0.717, 1.165) is 6.42 Å². The summed E-state index contributed by atoms with van der Waals surface area (Å²) < 4.78 is 0. The summed E-state index contributed by atoms with van der Waals surface area (Å²) in [6, 6.07) is 17.2. The highest BCUT2D eigenvalue weighted by molar-refractivity contribution is 8.03. The number of thioether (sulfide) groups is 1. The van der Waals surface area contributed by atoms with Gasteiger partial charge in [-0.25, -0.2) is 0 Å². The summed E-state index contributed by atoms with van der Waals surface area (Å²) in [7, 11) is 0. The van der Waals surface area contributed by atoms with Crippen LogP contribution in [-0.4, -0.2) is 0 Å². The first-order valence-electron chi connectivity index (χ1n) is 6.11. The summed E-state index contributed by atoms with van der Waals surface area (Å²) in [5, 5.41) is 0. The Morgan fingerprint density at radius 1 is 0.889 bits per heavy atom. The summed E-state index contributed by atoms with van der Waals surface area (Å²) in [6.07, 6.45) is 0.929. The highest BCUT2D eigenvalue weighted by atomic mass is 32.2. The zero-order chi connectivity index (χ0) is 13.0. The largest absolute Gasteiger partial charge is 0.0948 e. The van der Waals surface area contributed by atoms with Crippen LogP contribution < -0.4 is 0 Å². The molecule has 0 amide bonds. The Kier molecular flexibility index (Phi) is 4.27. The van der Waals surface area contributed by atoms with E-state index < -0.39 is 0 Å². The molecule has 0 radical (unpaired) electrons. The summed E-state index contributed by atoms with van der Waals surface area (Å²) in [5.41, 5.74) is 3.92. The predicted octanol–water partition coefficient (Wildman–Crippen LogP) is 5.15. The van der Waals surface area contributed by atoms with Crippen LogP contribution in [0.15, 0.2) is 64.9 Å². The molecule has 0 aromatic heterocycles. The molecule has 92 valence electrons. The Morgan fingerprint density at radius 3 is 1.94 bits per heavy atom. The normalized spacial score (nSPS) is 10.3. The van der Waals surface area contributed by atoms with Gasteiger partial charge in [0.1, 0.15) is 0 Å². The first-order valence-corrected chi connectivity index (χ1v) is 6.93. The van der Waals surface area contributed by atoms with Crippen LogP contribution in [0.5, 0.6) is 0 Å². The van der Waals surface area contributed by atoms with Crippen LogP contribution in [0.25, 0.3) is 0 Å². The summed E-state index contributed by atoms with van der Waals surface area (Å²) >= 11 is 1.76. The van der Waals surface area contributed by atoms with Crippen LogP contribution in [0.3, 0.4) is 0 Å². The van der Waals surface area contributed by atoms with Gasteiger partial charge in [-0.15, -0.1) is 0 Å². The van der Waals surface area contributed by atoms with E-state index in [-0.39, 0.29) is 0 Å². The monoisotopic (exact) mass is 254 g/mol. The number of rotatable bonds is 4. The standard InChI is InChI=1S/C17H18S/c1-13-4-8-16(9-5-13)12-15(3)18-17-10-6-14(2)7-11-17/h4-11H,3,12H2,1-2H3. The smallest absolute Gasteiger partial charge is 0.0119 e. The van der Waals surface area contributed by atoms with E-state index in [1.54, 1.807) is 11.8 Å². The average molecular weight is 254 g/mol. The van der Waals surface area contributed by atoms with E-state index in [9.17, 15) is 0 Å². The van der Waals surface area contributed by atoms with Gasteiger partial charge in [-0.3, -0.25) is 0 Å². The molecule has 0 aliphatic rings. The maximum Gasteiger partial charge on any atom is 0.0119 e. The van der Waals surface area contributed by atoms with E-state index in [4.69, 9.17) is 0 Å². The van der Waals surface area contributed by atoms with Crippen LogP contribution in [0, 0.1) is 13.8 Å². The first kappa shape index (κ1) is 13.0. The van der Waals surface area contributed by atoms with Gasteiger partial charge < -0.3 is 0 Å². The van der Waals surface area contributed by atoms with Crippen molar-refractivity contribution in [2.24, 2.45) is 0 Å². The van der Waals surface area contributed by atoms with Gasteiger partial charge in [0, 0.05) is 11.3 Å². The van der Waals surface area contributed by atoms with E-state index in [1.807, 2.05) is 0 Å². The Hall–Kier alpha value is -1.47. The van der Waals surface area contributed by atoms with Gasteiger partial charge in [-0.05, 0) is 36.4 Å². The molecule has 0 unspecified atom stereocenters. The second kappa shape index (κ2) is 5.92. The van der Waals surface area contributed by atoms with Crippen molar-refractivity contribution in [2.45, 2.75) is 25.2 Å². The maximum absolute atomic E-state index is 4.15. The second-order valence-corrected chi connectivity index (χ2v) is 5.87. The lowest BCUT2D eigenvalue weighted by atomic mass is 10.1. The van der Waals surface area contributed by atoms with Gasteiger partial charge in [0.05, 0.1) is 0 Å². The fourth-order valence-electron chi connectivity index (χ4n) is 1.74. The third-order valence-electron chi connectivity index (χ3n) is 2.81. The number of aryl methyl sites for hydroxylation is 2. The van der Waals surface area contributed by atoms with Crippen LogP contribution in [0.1, 0.15) is 16.7 Å². The average Bonchev–Trinajstić information content (AvgIpc) is 2.35. The Labute approximate surface area is 114 Å². The lowest BCUT2D eigenvalue weighted by Gasteiger charge is -2.06. The molecule has 2 aromatic carbocycles. The van der Waals surface area contributed by atoms with E-state index in [2.05, 4.69) is 69.0 Å². The molecule has 2 aromatic rings. The van der Waals surface area contributed by atoms with E-state index in [1.165, 1.54) is 26.5 Å². The molecule has 0 bridgehead atoms. The van der Waals surface area contributed by atoms with Gasteiger partial charge in [0.15, 0.2) is 0 Å². The van der Waals surface area contributed by atoms with Crippen molar-refractivity contribution in [3.05, 3.63) is 76.7 Å². The molecule has 0 fully saturated rings. The van der Waals surface area contributed by atoms with Crippen molar-refractivity contribution < 1.29 is 0 Å². The van der Waals surface area contributed by atoms with E-state index >= 15 is 0 Å². The van der Waals surface area contributed by atoms with Crippen molar-refractivity contribution >= 4 is 11.8 Å². The van der Waals surface area contributed by atoms with Crippen LogP contribution in [0.2, 0.25) is 0 Å². The minimum absolute atomic E-state index is 0.929. The molecule has 0 saturated carbocycles.